The number of halogens is 2. The van der Waals surface area contributed by atoms with Crippen LogP contribution in [0.2, 0.25) is 0 Å². The minimum atomic E-state index is 0. The number of allylic oxidation sites excluding steroid dienone is 8. The van der Waals surface area contributed by atoms with Crippen molar-refractivity contribution in [2.75, 3.05) is 0 Å². The minimum absolute atomic E-state index is 0. The zero-order valence-corrected chi connectivity index (χ0v) is 68.7. The summed E-state index contributed by atoms with van der Waals surface area (Å²) in [6.45, 7) is 49.3. The molecule has 0 amide bonds. The molecule has 12 rings (SSSR count). The summed E-state index contributed by atoms with van der Waals surface area (Å²) >= 11 is 2.93. The van der Waals surface area contributed by atoms with Crippen molar-refractivity contribution in [3.05, 3.63) is 306 Å². The maximum Gasteiger partial charge on any atom is -1.00 e. The van der Waals surface area contributed by atoms with Gasteiger partial charge in [-0.3, -0.25) is 12.2 Å². The molecule has 4 aliphatic rings. The zero-order valence-electron chi connectivity index (χ0n) is 62.3. The summed E-state index contributed by atoms with van der Waals surface area (Å²) in [4.78, 5) is 0. The van der Waals surface area contributed by atoms with Crippen LogP contribution in [-0.2, 0) is 83.0 Å². The molecule has 0 bridgehead atoms. The van der Waals surface area contributed by atoms with E-state index in [1.165, 1.54) is 190 Å². The van der Waals surface area contributed by atoms with Gasteiger partial charge >= 0.3 is 224 Å². The second-order valence-corrected chi connectivity index (χ2v) is 34.2. The Morgan fingerprint density at radius 2 is 0.615 bits per heavy atom. The van der Waals surface area contributed by atoms with E-state index in [2.05, 4.69) is 359 Å². The summed E-state index contributed by atoms with van der Waals surface area (Å²) in [5.74, 6) is 0. The molecule has 0 aromatic heterocycles. The van der Waals surface area contributed by atoms with Gasteiger partial charge in [-0.2, -0.15) is 70.8 Å². The van der Waals surface area contributed by atoms with Gasteiger partial charge in [0.25, 0.3) is 0 Å². The number of hydrogen-bond donors (Lipinski definition) is 0. The molecule has 500 valence electrons. The molecule has 0 radical (unpaired) electrons. The summed E-state index contributed by atoms with van der Waals surface area (Å²) in [6.07, 6.45) is 21.9. The van der Waals surface area contributed by atoms with Gasteiger partial charge in [-0.1, -0.05) is 194 Å². The molecule has 4 heteroatoms. The van der Waals surface area contributed by atoms with Crippen LogP contribution in [0.3, 0.4) is 0 Å². The van der Waals surface area contributed by atoms with E-state index in [9.17, 15) is 0 Å². The van der Waals surface area contributed by atoms with E-state index in [0.29, 0.717) is 10.8 Å². The van der Waals surface area contributed by atoms with Gasteiger partial charge in [-0.05, 0) is 58.5 Å². The van der Waals surface area contributed by atoms with Crippen LogP contribution in [-0.4, -0.2) is 6.41 Å². The van der Waals surface area contributed by atoms with Crippen molar-refractivity contribution in [3.63, 3.8) is 0 Å². The van der Waals surface area contributed by atoms with E-state index in [1.54, 1.807) is 0 Å². The van der Waals surface area contributed by atoms with Crippen molar-refractivity contribution >= 4 is 6.41 Å². The predicted molar refractivity (Wildman–Crippen MR) is 402 cm³/mol. The molecule has 96 heavy (non-hydrogen) atoms. The van der Waals surface area contributed by atoms with E-state index in [1.807, 2.05) is 0 Å². The predicted octanol–water partition coefficient (Wildman–Crippen LogP) is 18.4. The first-order chi connectivity index (χ1) is 44.0. The first-order valence-corrected chi connectivity index (χ1v) is 36.8. The molecule has 0 fully saturated rings. The molecule has 8 aromatic carbocycles. The fourth-order valence-corrected chi connectivity index (χ4v) is 12.9. The molecule has 8 aromatic rings. The fourth-order valence-electron chi connectivity index (χ4n) is 11.3. The van der Waals surface area contributed by atoms with Gasteiger partial charge in [-0.15, -0.1) is 24.0 Å². The zero-order chi connectivity index (χ0) is 69.1. The van der Waals surface area contributed by atoms with Gasteiger partial charge in [0.05, 0.1) is 0 Å². The van der Waals surface area contributed by atoms with Gasteiger partial charge in [0.15, 0.2) is 0 Å². The molecular formula is C92H108Cl2Zr2-2. The molecule has 4 aliphatic carbocycles. The summed E-state index contributed by atoms with van der Waals surface area (Å²) in [5.41, 5.74) is 31.6. The van der Waals surface area contributed by atoms with Crippen molar-refractivity contribution in [3.8, 4) is 22.3 Å². The number of aryl methyl sites for hydroxylation is 4. The van der Waals surface area contributed by atoms with E-state index < -0.39 is 0 Å². The Morgan fingerprint density at radius 1 is 0.354 bits per heavy atom. The van der Waals surface area contributed by atoms with Crippen LogP contribution in [0.5, 0.6) is 0 Å². The second-order valence-electron chi connectivity index (χ2n) is 31.7. The first-order valence-electron chi connectivity index (χ1n) is 34.4. The summed E-state index contributed by atoms with van der Waals surface area (Å²) in [7, 11) is 0. The molecule has 0 spiro atoms. The Morgan fingerprint density at radius 3 is 0.844 bits per heavy atom. The quantitative estimate of drug-likeness (QED) is 0.133. The summed E-state index contributed by atoms with van der Waals surface area (Å²) in [6, 6.07) is 65.2. The van der Waals surface area contributed by atoms with Crippen molar-refractivity contribution in [1.82, 2.24) is 0 Å². The molecule has 0 heterocycles. The van der Waals surface area contributed by atoms with Crippen molar-refractivity contribution in [2.24, 2.45) is 10.8 Å². The normalized spacial score (nSPS) is 13.2. The Balaban J connectivity index is 0.000000212. The molecular weight excluding hydrogens is 1360 g/mol. The third kappa shape index (κ3) is 22.4. The molecule has 0 nitrogen and oxygen atoms in total. The standard InChI is InChI=1S/2C21H25.2C15H14.2C10H15.2ClH.2Zr/c2*1-20(2,3)16-9-7-14-11-15-8-10-17(21(4,5)6)13-19(15)18(14)12-16;2*1-12-3-7-14(8-4-12)11-15-9-5-13(2)6-10-15;2*1-4-10(2,3)9-7-5-6-8-9;;;;/h2*7,9-10,12-13H,11H2,1-6H3;2*3-10H,1-2H3;2*5,7H,4,6H2,1-3H3;2*1H;;/q2*-1;;;2*-1;;;2*+2/p-2. The van der Waals surface area contributed by atoms with E-state index in [0.717, 1.165) is 25.7 Å². The van der Waals surface area contributed by atoms with Gasteiger partial charge in [-0.25, -0.2) is 23.3 Å². The largest absolute Gasteiger partial charge is 1.00 e. The summed E-state index contributed by atoms with van der Waals surface area (Å²) in [5, 5.41) is 0. The van der Waals surface area contributed by atoms with Crippen LogP contribution in [0.4, 0.5) is 0 Å². The van der Waals surface area contributed by atoms with Gasteiger partial charge in [0.2, 0.25) is 0 Å². The SMILES string of the molecule is CC(C)(C)c1c[c-]c2c(c1)-c1cc(C(C)(C)C)ccc1C2.CC(C)(C)c1c[c-]c2c(c1)-c1cc(C(C)(C)C)ccc1C2.CCC(C)(C)C1=[C-]CC=C1.CCC(C)(C)C1=[C-]CC=C1.Cc1ccc([C](=[Zr+2])c2ccc(C)cc2)cc1.Cc1ccc([C](=[Zr+2])c2ccc(C)cc2)cc1.[Cl-].[Cl-]. The number of fused-ring (bicyclic) bond motifs is 6. The molecule has 0 atom stereocenters. The third-order valence-corrected chi connectivity index (χ3v) is 21.9. The van der Waals surface area contributed by atoms with Gasteiger partial charge < -0.3 is 24.8 Å². The molecule has 0 N–H and O–H groups in total. The Kier molecular flexibility index (Phi) is 29.5. The van der Waals surface area contributed by atoms with Crippen molar-refractivity contribution in [2.45, 2.75) is 213 Å². The molecule has 0 saturated carbocycles. The number of benzene rings is 8. The number of hydrogen-bond acceptors (Lipinski definition) is 0. The number of rotatable bonds is 8. The van der Waals surface area contributed by atoms with Crippen LogP contribution >= 0.6 is 0 Å². The van der Waals surface area contributed by atoms with E-state index in [-0.39, 0.29) is 46.5 Å². The second kappa shape index (κ2) is 34.7. The Labute approximate surface area is 626 Å². The topological polar surface area (TPSA) is 0 Å². The third-order valence-electron chi connectivity index (χ3n) is 19.0. The van der Waals surface area contributed by atoms with Crippen LogP contribution < -0.4 is 24.8 Å². The Bertz CT molecular complexity index is 3550. The maximum absolute atomic E-state index is 3.53. The molecule has 0 saturated heterocycles. The molecule has 0 unspecified atom stereocenters. The van der Waals surface area contributed by atoms with Crippen molar-refractivity contribution in [1.29, 1.82) is 0 Å². The van der Waals surface area contributed by atoms with Gasteiger partial charge in [0.1, 0.15) is 0 Å². The van der Waals surface area contributed by atoms with Crippen LogP contribution in [0.15, 0.2) is 193 Å². The van der Waals surface area contributed by atoms with Crippen molar-refractivity contribution < 1.29 is 73.3 Å². The average molecular weight is 1470 g/mol. The van der Waals surface area contributed by atoms with Crippen LogP contribution in [0.1, 0.15) is 239 Å². The average Bonchev–Trinajstić information content (AvgIpc) is 1.62. The van der Waals surface area contributed by atoms with Crippen LogP contribution in [0.25, 0.3) is 22.3 Å². The summed E-state index contributed by atoms with van der Waals surface area (Å²) < 4.78 is 2.85. The van der Waals surface area contributed by atoms with E-state index in [4.69, 9.17) is 0 Å². The first kappa shape index (κ1) is 81.5. The smallest absolute Gasteiger partial charge is 1.00 e. The van der Waals surface area contributed by atoms with E-state index >= 15 is 0 Å². The Hall–Kier alpha value is -5.19. The van der Waals surface area contributed by atoms with Crippen LogP contribution in [0, 0.1) is 62.8 Å². The fraction of sp³-hybridized carbons (Fsp3) is 0.370. The maximum atomic E-state index is 3.53. The monoisotopic (exact) mass is 1460 g/mol. The van der Waals surface area contributed by atoms with Gasteiger partial charge in [0, 0.05) is 0 Å². The minimum Gasteiger partial charge on any atom is -1.00 e. The molecule has 0 aliphatic heterocycles.